The van der Waals surface area contributed by atoms with Crippen LogP contribution in [0.25, 0.3) is 0 Å². The molecule has 0 bridgehead atoms. The molecule has 182 valence electrons. The smallest absolute Gasteiger partial charge is 0.261 e. The van der Waals surface area contributed by atoms with Gasteiger partial charge in [0, 0.05) is 11.1 Å². The summed E-state index contributed by atoms with van der Waals surface area (Å²) in [5.74, 6) is -0.273. The summed E-state index contributed by atoms with van der Waals surface area (Å²) in [6.07, 6.45) is 0. The zero-order valence-corrected chi connectivity index (χ0v) is 20.5. The van der Waals surface area contributed by atoms with Crippen LogP contribution in [0.15, 0.2) is 102 Å². The minimum Gasteiger partial charge on any atom is -0.497 e. The number of rotatable bonds is 8. The number of carbonyl (C=O) groups excluding carboxylic acids is 2. The van der Waals surface area contributed by atoms with E-state index in [1.54, 1.807) is 54.6 Å². The van der Waals surface area contributed by atoms with Gasteiger partial charge >= 0.3 is 0 Å². The van der Waals surface area contributed by atoms with Crippen molar-refractivity contribution in [3.05, 3.63) is 119 Å². The number of carbonyl (C=O) groups is 2. The van der Waals surface area contributed by atoms with Crippen LogP contribution in [0.5, 0.6) is 5.75 Å². The Labute approximate surface area is 209 Å². The molecular formula is C28H24N2O5S. The van der Waals surface area contributed by atoms with Gasteiger partial charge in [-0.05, 0) is 55.5 Å². The van der Waals surface area contributed by atoms with Gasteiger partial charge in [0.2, 0.25) is 0 Å². The van der Waals surface area contributed by atoms with Gasteiger partial charge in [0.05, 0.1) is 28.9 Å². The first-order valence-corrected chi connectivity index (χ1v) is 12.5. The number of methoxy groups -OCH3 is 1. The van der Waals surface area contributed by atoms with Crippen LogP contribution in [0.1, 0.15) is 31.8 Å². The number of ketones is 1. The van der Waals surface area contributed by atoms with E-state index in [0.29, 0.717) is 22.6 Å². The Kier molecular flexibility index (Phi) is 7.17. The second-order valence-corrected chi connectivity index (χ2v) is 9.71. The van der Waals surface area contributed by atoms with E-state index in [1.165, 1.54) is 43.5 Å². The Morgan fingerprint density at radius 3 is 2.11 bits per heavy atom. The molecule has 0 aromatic heterocycles. The standard InChI is InChI=1S/C28H24N2O5S/c1-19-12-17-25(24(18-19)27(31)20-8-4-3-5-9-20)29-28(32)23-10-6-7-11-26(23)30-36(33,34)22-15-13-21(35-2)14-16-22/h3-18,30H,1-2H3,(H,29,32). The first-order chi connectivity index (χ1) is 17.3. The van der Waals surface area contributed by atoms with Crippen LogP contribution in [-0.2, 0) is 10.0 Å². The van der Waals surface area contributed by atoms with Gasteiger partial charge in [-0.2, -0.15) is 0 Å². The van der Waals surface area contributed by atoms with Gasteiger partial charge in [-0.15, -0.1) is 0 Å². The van der Waals surface area contributed by atoms with Gasteiger partial charge in [-0.25, -0.2) is 8.42 Å². The van der Waals surface area contributed by atoms with E-state index in [-0.39, 0.29) is 21.9 Å². The van der Waals surface area contributed by atoms with Crippen LogP contribution < -0.4 is 14.8 Å². The number of aryl methyl sites for hydroxylation is 1. The van der Waals surface area contributed by atoms with Crippen LogP contribution >= 0.6 is 0 Å². The van der Waals surface area contributed by atoms with E-state index >= 15 is 0 Å². The third-order valence-electron chi connectivity index (χ3n) is 5.49. The maximum atomic E-state index is 13.3. The molecule has 4 aromatic rings. The van der Waals surface area contributed by atoms with Gasteiger partial charge in [0.1, 0.15) is 5.75 Å². The summed E-state index contributed by atoms with van der Waals surface area (Å²) in [5, 5.41) is 2.77. The second-order valence-electron chi connectivity index (χ2n) is 8.02. The zero-order chi connectivity index (χ0) is 25.7. The summed E-state index contributed by atoms with van der Waals surface area (Å²) in [7, 11) is -2.48. The molecule has 2 N–H and O–H groups in total. The highest BCUT2D eigenvalue weighted by Crippen LogP contribution is 2.25. The Morgan fingerprint density at radius 1 is 0.750 bits per heavy atom. The predicted molar refractivity (Wildman–Crippen MR) is 139 cm³/mol. The molecule has 0 unspecified atom stereocenters. The number of benzene rings is 4. The molecule has 7 nitrogen and oxygen atoms in total. The van der Waals surface area contributed by atoms with E-state index in [1.807, 2.05) is 13.0 Å². The minimum atomic E-state index is -3.97. The predicted octanol–water partition coefficient (Wildman–Crippen LogP) is 5.29. The van der Waals surface area contributed by atoms with Crippen molar-refractivity contribution in [2.45, 2.75) is 11.8 Å². The number of nitrogens with one attached hydrogen (secondary N) is 2. The maximum Gasteiger partial charge on any atom is 0.261 e. The van der Waals surface area contributed by atoms with Gasteiger partial charge in [0.15, 0.2) is 5.78 Å². The molecule has 0 atom stereocenters. The zero-order valence-electron chi connectivity index (χ0n) is 19.7. The summed E-state index contributed by atoms with van der Waals surface area (Å²) < 4.78 is 33.4. The average molecular weight is 501 g/mol. The summed E-state index contributed by atoms with van der Waals surface area (Å²) >= 11 is 0. The summed E-state index contributed by atoms with van der Waals surface area (Å²) in [6, 6.07) is 26.1. The lowest BCUT2D eigenvalue weighted by Crippen LogP contribution is -2.19. The minimum absolute atomic E-state index is 0.0211. The fourth-order valence-electron chi connectivity index (χ4n) is 3.62. The molecule has 0 saturated carbocycles. The van der Waals surface area contributed by atoms with Crippen molar-refractivity contribution in [2.75, 3.05) is 17.1 Å². The first kappa shape index (κ1) is 24.7. The highest BCUT2D eigenvalue weighted by Gasteiger charge is 2.21. The maximum absolute atomic E-state index is 13.3. The number of para-hydroxylation sites is 1. The summed E-state index contributed by atoms with van der Waals surface area (Å²) in [4.78, 5) is 26.4. The van der Waals surface area contributed by atoms with E-state index in [2.05, 4.69) is 10.0 Å². The van der Waals surface area contributed by atoms with E-state index < -0.39 is 15.9 Å². The number of anilines is 2. The summed E-state index contributed by atoms with van der Waals surface area (Å²) in [6.45, 7) is 1.86. The quantitative estimate of drug-likeness (QED) is 0.320. The molecule has 0 aliphatic carbocycles. The Bertz CT molecular complexity index is 1520. The van der Waals surface area contributed by atoms with Crippen molar-refractivity contribution < 1.29 is 22.7 Å². The molecule has 0 aliphatic rings. The number of amides is 1. The average Bonchev–Trinajstić information content (AvgIpc) is 2.90. The molecule has 0 aliphatic heterocycles. The number of hydrogen-bond acceptors (Lipinski definition) is 5. The Hall–Kier alpha value is -4.43. The van der Waals surface area contributed by atoms with Gasteiger partial charge in [-0.3, -0.25) is 14.3 Å². The molecule has 4 aromatic carbocycles. The first-order valence-electron chi connectivity index (χ1n) is 11.1. The highest BCUT2D eigenvalue weighted by atomic mass is 32.2. The van der Waals surface area contributed by atoms with Crippen molar-refractivity contribution in [3.63, 3.8) is 0 Å². The lowest BCUT2D eigenvalue weighted by Gasteiger charge is -2.15. The molecule has 1 amide bonds. The molecule has 0 saturated heterocycles. The lowest BCUT2D eigenvalue weighted by atomic mass is 9.99. The van der Waals surface area contributed by atoms with Crippen LogP contribution in [0.2, 0.25) is 0 Å². The number of ether oxygens (including phenoxy) is 1. The molecule has 0 fully saturated rings. The molecule has 8 heteroatoms. The third kappa shape index (κ3) is 5.45. The number of sulfonamides is 1. The second kappa shape index (κ2) is 10.5. The van der Waals surface area contributed by atoms with Gasteiger partial charge in [-0.1, -0.05) is 54.1 Å². The fourth-order valence-corrected chi connectivity index (χ4v) is 4.70. The van der Waals surface area contributed by atoms with Crippen LogP contribution in [-0.4, -0.2) is 27.2 Å². The van der Waals surface area contributed by atoms with Crippen molar-refractivity contribution in [1.82, 2.24) is 0 Å². The SMILES string of the molecule is COc1ccc(S(=O)(=O)Nc2ccccc2C(=O)Nc2ccc(C)cc2C(=O)c2ccccc2)cc1. The Morgan fingerprint density at radius 2 is 1.42 bits per heavy atom. The van der Waals surface area contributed by atoms with Gasteiger partial charge in [0.25, 0.3) is 15.9 Å². The molecule has 0 radical (unpaired) electrons. The monoisotopic (exact) mass is 500 g/mol. The largest absolute Gasteiger partial charge is 0.497 e. The topological polar surface area (TPSA) is 102 Å². The van der Waals surface area contributed by atoms with Crippen molar-refractivity contribution in [3.8, 4) is 5.75 Å². The van der Waals surface area contributed by atoms with Crippen molar-refractivity contribution >= 4 is 33.1 Å². The molecule has 36 heavy (non-hydrogen) atoms. The summed E-state index contributed by atoms with van der Waals surface area (Å²) in [5.41, 5.74) is 2.23. The number of hydrogen-bond donors (Lipinski definition) is 2. The van der Waals surface area contributed by atoms with Crippen LogP contribution in [0.4, 0.5) is 11.4 Å². The molecule has 4 rings (SSSR count). The molecule has 0 heterocycles. The third-order valence-corrected chi connectivity index (χ3v) is 6.87. The highest BCUT2D eigenvalue weighted by molar-refractivity contribution is 7.92. The van der Waals surface area contributed by atoms with Crippen molar-refractivity contribution in [2.24, 2.45) is 0 Å². The molecule has 0 spiro atoms. The van der Waals surface area contributed by atoms with E-state index in [0.717, 1.165) is 5.56 Å². The van der Waals surface area contributed by atoms with Crippen molar-refractivity contribution in [1.29, 1.82) is 0 Å². The normalized spacial score (nSPS) is 10.9. The van der Waals surface area contributed by atoms with E-state index in [4.69, 9.17) is 4.74 Å². The van der Waals surface area contributed by atoms with Crippen LogP contribution in [0, 0.1) is 6.92 Å². The van der Waals surface area contributed by atoms with Gasteiger partial charge < -0.3 is 10.1 Å². The van der Waals surface area contributed by atoms with Crippen LogP contribution in [0.3, 0.4) is 0 Å². The lowest BCUT2D eigenvalue weighted by molar-refractivity contribution is 0.102. The Balaban J connectivity index is 1.63. The van der Waals surface area contributed by atoms with E-state index in [9.17, 15) is 18.0 Å². The fraction of sp³-hybridized carbons (Fsp3) is 0.0714. The molecular weight excluding hydrogens is 476 g/mol.